The molecule has 0 radical (unpaired) electrons. The lowest BCUT2D eigenvalue weighted by atomic mass is 9.57. The molecule has 5 nitrogen and oxygen atoms in total. The first kappa shape index (κ1) is 25.0. The van der Waals surface area contributed by atoms with E-state index in [1.54, 1.807) is 14.2 Å². The molecule has 2 heterocycles. The van der Waals surface area contributed by atoms with Crippen LogP contribution in [0.15, 0.2) is 78.9 Å². The highest BCUT2D eigenvalue weighted by Gasteiger charge is 2.48. The number of anilines is 1. The average molecular weight is 512 g/mol. The second-order valence-electron chi connectivity index (χ2n) is 10.9. The van der Waals surface area contributed by atoms with Crippen molar-refractivity contribution in [1.82, 2.24) is 0 Å². The van der Waals surface area contributed by atoms with Crippen molar-refractivity contribution in [3.8, 4) is 11.5 Å². The monoisotopic (exact) mass is 511 g/mol. The van der Waals surface area contributed by atoms with E-state index in [1.807, 2.05) is 30.3 Å². The fourth-order valence-electron chi connectivity index (χ4n) is 6.50. The molecule has 3 aromatic carbocycles. The molecule has 38 heavy (non-hydrogen) atoms. The van der Waals surface area contributed by atoms with Gasteiger partial charge >= 0.3 is 0 Å². The van der Waals surface area contributed by atoms with Crippen LogP contribution in [0.2, 0.25) is 0 Å². The average Bonchev–Trinajstić information content (AvgIpc) is 2.96. The molecule has 6 rings (SSSR count). The molecule has 0 unspecified atom stereocenters. The molecule has 1 spiro atoms. The van der Waals surface area contributed by atoms with Crippen LogP contribution in [0.3, 0.4) is 0 Å². The SMILES string of the molecule is COC(OC)C1CC2(CCN(c3ccc(C4=CCOc5cc(OCc6ccccc6)ccc54)cc3)CC2)C1. The summed E-state index contributed by atoms with van der Waals surface area (Å²) in [6.07, 6.45) is 7.06. The molecule has 0 bridgehead atoms. The van der Waals surface area contributed by atoms with Crippen LogP contribution < -0.4 is 14.4 Å². The number of hydrogen-bond acceptors (Lipinski definition) is 5. The molecule has 1 saturated carbocycles. The summed E-state index contributed by atoms with van der Waals surface area (Å²) >= 11 is 0. The molecule has 5 heteroatoms. The van der Waals surface area contributed by atoms with Gasteiger partial charge in [0, 0.05) is 50.5 Å². The van der Waals surface area contributed by atoms with E-state index in [0.29, 0.717) is 24.5 Å². The third-order valence-corrected chi connectivity index (χ3v) is 8.63. The van der Waals surface area contributed by atoms with Gasteiger partial charge in [-0.05, 0) is 78.1 Å². The highest BCUT2D eigenvalue weighted by molar-refractivity contribution is 5.84. The Morgan fingerprint density at radius 3 is 2.37 bits per heavy atom. The molecule has 0 amide bonds. The van der Waals surface area contributed by atoms with E-state index in [4.69, 9.17) is 18.9 Å². The molecule has 3 aromatic rings. The molecule has 3 aliphatic rings. The van der Waals surface area contributed by atoms with Crippen LogP contribution in [0, 0.1) is 11.3 Å². The van der Waals surface area contributed by atoms with Crippen molar-refractivity contribution in [3.63, 3.8) is 0 Å². The van der Waals surface area contributed by atoms with E-state index in [1.165, 1.54) is 42.5 Å². The summed E-state index contributed by atoms with van der Waals surface area (Å²) in [4.78, 5) is 2.54. The zero-order valence-electron chi connectivity index (χ0n) is 22.4. The number of hydrogen-bond donors (Lipinski definition) is 0. The molecule has 1 aliphatic carbocycles. The van der Waals surface area contributed by atoms with Crippen LogP contribution in [-0.2, 0) is 16.1 Å². The first-order valence-electron chi connectivity index (χ1n) is 13.7. The Morgan fingerprint density at radius 1 is 0.921 bits per heavy atom. The summed E-state index contributed by atoms with van der Waals surface area (Å²) in [5.41, 5.74) is 6.49. The number of benzene rings is 3. The summed E-state index contributed by atoms with van der Waals surface area (Å²) in [6.45, 7) is 3.33. The summed E-state index contributed by atoms with van der Waals surface area (Å²) in [5, 5.41) is 0. The van der Waals surface area contributed by atoms with Gasteiger partial charge in [0.25, 0.3) is 0 Å². The van der Waals surface area contributed by atoms with Crippen LogP contribution in [0.4, 0.5) is 5.69 Å². The van der Waals surface area contributed by atoms with Gasteiger partial charge in [-0.2, -0.15) is 0 Å². The van der Waals surface area contributed by atoms with Crippen molar-refractivity contribution < 1.29 is 18.9 Å². The third-order valence-electron chi connectivity index (χ3n) is 8.63. The zero-order chi connectivity index (χ0) is 26.0. The van der Waals surface area contributed by atoms with Crippen LogP contribution in [0.5, 0.6) is 11.5 Å². The minimum atomic E-state index is -0.0516. The van der Waals surface area contributed by atoms with Crippen molar-refractivity contribution in [2.24, 2.45) is 11.3 Å². The Balaban J connectivity index is 1.08. The van der Waals surface area contributed by atoms with Crippen molar-refractivity contribution in [1.29, 1.82) is 0 Å². The maximum atomic E-state index is 6.02. The van der Waals surface area contributed by atoms with E-state index in [0.717, 1.165) is 35.7 Å². The van der Waals surface area contributed by atoms with E-state index >= 15 is 0 Å². The standard InChI is InChI=1S/C33H37NO4/c1-35-32(36-2)26-21-33(22-26)15-17-34(18-16-33)27-10-8-25(9-11-27)29-14-19-37-31-20-28(12-13-30(29)31)38-23-24-6-4-3-5-7-24/h3-14,20,26,32H,15-19,21-23H2,1-2H3. The summed E-state index contributed by atoms with van der Waals surface area (Å²) in [6, 6.07) is 25.4. The van der Waals surface area contributed by atoms with Crippen LogP contribution >= 0.6 is 0 Å². The Hall–Kier alpha value is -3.28. The van der Waals surface area contributed by atoms with Crippen molar-refractivity contribution in [2.45, 2.75) is 38.6 Å². The maximum absolute atomic E-state index is 6.02. The molecule has 2 fully saturated rings. The van der Waals surface area contributed by atoms with Gasteiger partial charge in [-0.3, -0.25) is 0 Å². The minimum absolute atomic E-state index is 0.0516. The van der Waals surface area contributed by atoms with Gasteiger partial charge < -0.3 is 23.8 Å². The Kier molecular flexibility index (Phi) is 7.14. The molecule has 0 N–H and O–H groups in total. The maximum Gasteiger partial charge on any atom is 0.159 e. The van der Waals surface area contributed by atoms with E-state index in [9.17, 15) is 0 Å². The van der Waals surface area contributed by atoms with Gasteiger partial charge in [-0.15, -0.1) is 0 Å². The van der Waals surface area contributed by atoms with E-state index < -0.39 is 0 Å². The number of methoxy groups -OCH3 is 2. The van der Waals surface area contributed by atoms with E-state index in [-0.39, 0.29) is 6.29 Å². The van der Waals surface area contributed by atoms with Crippen molar-refractivity contribution in [2.75, 3.05) is 38.8 Å². The van der Waals surface area contributed by atoms with Crippen LogP contribution in [-0.4, -0.2) is 40.2 Å². The fourth-order valence-corrected chi connectivity index (χ4v) is 6.50. The minimum Gasteiger partial charge on any atom is -0.489 e. The van der Waals surface area contributed by atoms with Crippen molar-refractivity contribution in [3.05, 3.63) is 95.6 Å². The first-order chi connectivity index (χ1) is 18.7. The first-order valence-corrected chi connectivity index (χ1v) is 13.7. The summed E-state index contributed by atoms with van der Waals surface area (Å²) < 4.78 is 23.0. The Bertz CT molecular complexity index is 1250. The number of fused-ring (bicyclic) bond motifs is 1. The topological polar surface area (TPSA) is 40.2 Å². The molecule has 1 saturated heterocycles. The summed E-state index contributed by atoms with van der Waals surface area (Å²) in [5.74, 6) is 2.24. The molecular weight excluding hydrogens is 474 g/mol. The molecule has 198 valence electrons. The lowest BCUT2D eigenvalue weighted by Crippen LogP contribution is -2.50. The molecule has 2 aliphatic heterocycles. The lowest BCUT2D eigenvalue weighted by molar-refractivity contribution is -0.184. The smallest absolute Gasteiger partial charge is 0.159 e. The van der Waals surface area contributed by atoms with Crippen molar-refractivity contribution >= 4 is 11.3 Å². The second kappa shape index (κ2) is 10.8. The molecule has 0 atom stereocenters. The van der Waals surface area contributed by atoms with E-state index in [2.05, 4.69) is 53.4 Å². The van der Waals surface area contributed by atoms with Gasteiger partial charge in [-0.25, -0.2) is 0 Å². The predicted octanol–water partition coefficient (Wildman–Crippen LogP) is 6.71. The highest BCUT2D eigenvalue weighted by atomic mass is 16.7. The Morgan fingerprint density at radius 2 is 1.66 bits per heavy atom. The highest BCUT2D eigenvalue weighted by Crippen LogP contribution is 2.54. The third kappa shape index (κ3) is 5.05. The van der Waals surface area contributed by atoms with Gasteiger partial charge in [0.05, 0.1) is 0 Å². The predicted molar refractivity (Wildman–Crippen MR) is 151 cm³/mol. The number of piperidine rings is 1. The lowest BCUT2D eigenvalue weighted by Gasteiger charge is -2.54. The summed E-state index contributed by atoms with van der Waals surface area (Å²) in [7, 11) is 3.50. The van der Waals surface area contributed by atoms with Crippen LogP contribution in [0.1, 0.15) is 42.4 Å². The number of nitrogens with zero attached hydrogens (tertiary/aromatic N) is 1. The fraction of sp³-hybridized carbons (Fsp3) is 0.394. The quantitative estimate of drug-likeness (QED) is 0.315. The molecule has 0 aromatic heterocycles. The van der Waals surface area contributed by atoms with Gasteiger partial charge in [-0.1, -0.05) is 42.5 Å². The number of ether oxygens (including phenoxy) is 4. The molecular formula is C33H37NO4. The normalized spacial score (nSPS) is 18.5. The van der Waals surface area contributed by atoms with Gasteiger partial charge in [0.2, 0.25) is 0 Å². The van der Waals surface area contributed by atoms with Crippen LogP contribution in [0.25, 0.3) is 5.57 Å². The largest absolute Gasteiger partial charge is 0.489 e. The van der Waals surface area contributed by atoms with Gasteiger partial charge in [0.15, 0.2) is 6.29 Å². The second-order valence-corrected chi connectivity index (χ2v) is 10.9. The number of rotatable bonds is 8. The Labute approximate surface area is 226 Å². The van der Waals surface area contributed by atoms with Gasteiger partial charge in [0.1, 0.15) is 24.7 Å². The zero-order valence-corrected chi connectivity index (χ0v) is 22.4.